The quantitative estimate of drug-likeness (QED) is 0.497. The number of rotatable bonds is 6. The van der Waals surface area contributed by atoms with Crippen LogP contribution in [-0.4, -0.2) is 45.1 Å². The highest BCUT2D eigenvalue weighted by Crippen LogP contribution is 2.02. The molecule has 0 fully saturated rings. The van der Waals surface area contributed by atoms with Crippen molar-refractivity contribution in [2.75, 3.05) is 0 Å². The van der Waals surface area contributed by atoms with Gasteiger partial charge in [0.15, 0.2) is 11.9 Å². The maximum atomic E-state index is 11.0. The standard InChI is InChI=1S/C8H12O6/c1-4(9)2-5(10)6(11)3-7(12)8(13)14/h5,7,10,12H,2-3H2,1H3,(H,13,14). The van der Waals surface area contributed by atoms with Crippen LogP contribution in [0.4, 0.5) is 0 Å². The molecule has 0 radical (unpaired) electrons. The number of carbonyl (C=O) groups is 3. The van der Waals surface area contributed by atoms with E-state index in [-0.39, 0.29) is 12.2 Å². The zero-order chi connectivity index (χ0) is 11.3. The molecule has 0 spiro atoms. The van der Waals surface area contributed by atoms with Crippen LogP contribution in [0.25, 0.3) is 0 Å². The van der Waals surface area contributed by atoms with Crippen LogP contribution in [0.2, 0.25) is 0 Å². The van der Waals surface area contributed by atoms with Crippen molar-refractivity contribution in [3.63, 3.8) is 0 Å². The van der Waals surface area contributed by atoms with Gasteiger partial charge >= 0.3 is 5.97 Å². The van der Waals surface area contributed by atoms with Gasteiger partial charge in [0.2, 0.25) is 0 Å². The molecule has 0 rings (SSSR count). The van der Waals surface area contributed by atoms with E-state index in [2.05, 4.69) is 0 Å². The van der Waals surface area contributed by atoms with E-state index in [1.807, 2.05) is 0 Å². The van der Waals surface area contributed by atoms with Crippen LogP contribution in [0.3, 0.4) is 0 Å². The molecule has 0 saturated heterocycles. The van der Waals surface area contributed by atoms with E-state index in [4.69, 9.17) is 15.3 Å². The molecule has 0 amide bonds. The molecule has 2 atom stereocenters. The van der Waals surface area contributed by atoms with Gasteiger partial charge in [-0.15, -0.1) is 0 Å². The average molecular weight is 204 g/mol. The van der Waals surface area contributed by atoms with Crippen LogP contribution >= 0.6 is 0 Å². The lowest BCUT2D eigenvalue weighted by Crippen LogP contribution is -2.30. The number of carboxylic acid groups (broad SMARTS) is 1. The van der Waals surface area contributed by atoms with E-state index in [1.165, 1.54) is 6.92 Å². The summed E-state index contributed by atoms with van der Waals surface area (Å²) < 4.78 is 0. The molecule has 2 unspecified atom stereocenters. The molecule has 0 bridgehead atoms. The number of aliphatic hydroxyl groups excluding tert-OH is 2. The predicted molar refractivity (Wildman–Crippen MR) is 44.6 cm³/mol. The first-order chi connectivity index (χ1) is 6.34. The smallest absolute Gasteiger partial charge is 0.332 e. The van der Waals surface area contributed by atoms with Crippen LogP contribution in [0, 0.1) is 0 Å². The molecule has 0 aromatic rings. The second-order valence-electron chi connectivity index (χ2n) is 2.95. The van der Waals surface area contributed by atoms with E-state index < -0.39 is 30.4 Å². The summed E-state index contributed by atoms with van der Waals surface area (Å²) in [5, 5.41) is 26.1. The monoisotopic (exact) mass is 204 g/mol. The normalized spacial score (nSPS) is 14.5. The van der Waals surface area contributed by atoms with Crippen LogP contribution in [0.1, 0.15) is 19.8 Å². The van der Waals surface area contributed by atoms with E-state index in [1.54, 1.807) is 0 Å². The average Bonchev–Trinajstić information content (AvgIpc) is 2.02. The van der Waals surface area contributed by atoms with Gasteiger partial charge in [-0.25, -0.2) is 4.79 Å². The Labute approximate surface area is 80.2 Å². The first-order valence-electron chi connectivity index (χ1n) is 3.95. The van der Waals surface area contributed by atoms with Gasteiger partial charge in [0.25, 0.3) is 0 Å². The Morgan fingerprint density at radius 1 is 1.07 bits per heavy atom. The Balaban J connectivity index is 4.07. The number of carboxylic acids is 1. The lowest BCUT2D eigenvalue weighted by atomic mass is 10.0. The summed E-state index contributed by atoms with van der Waals surface area (Å²) in [6.07, 6.45) is -4.40. The van der Waals surface area contributed by atoms with Crippen molar-refractivity contribution in [1.29, 1.82) is 0 Å². The summed E-state index contributed by atoms with van der Waals surface area (Å²) in [4.78, 5) is 31.6. The maximum absolute atomic E-state index is 11.0. The van der Waals surface area contributed by atoms with Gasteiger partial charge in [-0.1, -0.05) is 0 Å². The fraction of sp³-hybridized carbons (Fsp3) is 0.625. The summed E-state index contributed by atoms with van der Waals surface area (Å²) in [5.41, 5.74) is 0. The number of hydrogen-bond donors (Lipinski definition) is 3. The van der Waals surface area contributed by atoms with Crippen molar-refractivity contribution in [2.24, 2.45) is 0 Å². The van der Waals surface area contributed by atoms with Gasteiger partial charge in [0.1, 0.15) is 11.9 Å². The molecule has 6 heteroatoms. The van der Waals surface area contributed by atoms with Gasteiger partial charge in [-0.3, -0.25) is 9.59 Å². The molecule has 0 aliphatic carbocycles. The third-order valence-corrected chi connectivity index (χ3v) is 1.53. The highest BCUT2D eigenvalue weighted by Gasteiger charge is 2.23. The van der Waals surface area contributed by atoms with Crippen LogP contribution in [-0.2, 0) is 14.4 Å². The maximum Gasteiger partial charge on any atom is 0.332 e. The Hall–Kier alpha value is -1.27. The second kappa shape index (κ2) is 5.46. The largest absolute Gasteiger partial charge is 0.479 e. The Kier molecular flexibility index (Phi) is 4.96. The minimum Gasteiger partial charge on any atom is -0.479 e. The Morgan fingerprint density at radius 3 is 1.93 bits per heavy atom. The van der Waals surface area contributed by atoms with Crippen LogP contribution in [0.15, 0.2) is 0 Å². The third kappa shape index (κ3) is 4.68. The summed E-state index contributed by atoms with van der Waals surface area (Å²) in [6.45, 7) is 1.20. The molecule has 0 heterocycles. The van der Waals surface area contributed by atoms with Gasteiger partial charge in [0, 0.05) is 12.8 Å². The molecule has 80 valence electrons. The lowest BCUT2D eigenvalue weighted by molar-refractivity contribution is -0.150. The highest BCUT2D eigenvalue weighted by atomic mass is 16.4. The number of hydrogen-bond acceptors (Lipinski definition) is 5. The van der Waals surface area contributed by atoms with Gasteiger partial charge in [-0.05, 0) is 6.92 Å². The SMILES string of the molecule is CC(=O)CC(O)C(=O)CC(O)C(=O)O. The van der Waals surface area contributed by atoms with Crippen molar-refractivity contribution < 1.29 is 29.7 Å². The van der Waals surface area contributed by atoms with Crippen molar-refractivity contribution in [3.05, 3.63) is 0 Å². The summed E-state index contributed by atoms with van der Waals surface area (Å²) >= 11 is 0. The minimum atomic E-state index is -1.83. The summed E-state index contributed by atoms with van der Waals surface area (Å²) in [6, 6.07) is 0. The molecule has 0 saturated carbocycles. The molecular weight excluding hydrogens is 192 g/mol. The van der Waals surface area contributed by atoms with E-state index in [0.29, 0.717) is 0 Å². The van der Waals surface area contributed by atoms with Crippen molar-refractivity contribution in [1.82, 2.24) is 0 Å². The third-order valence-electron chi connectivity index (χ3n) is 1.53. The highest BCUT2D eigenvalue weighted by molar-refractivity contribution is 5.91. The first kappa shape index (κ1) is 12.7. The number of Topliss-reactive ketones (excluding diaryl/α,β-unsaturated/α-hetero) is 2. The molecular formula is C8H12O6. The number of ketones is 2. The molecule has 14 heavy (non-hydrogen) atoms. The number of carbonyl (C=O) groups excluding carboxylic acids is 2. The molecule has 6 nitrogen and oxygen atoms in total. The zero-order valence-corrected chi connectivity index (χ0v) is 7.64. The van der Waals surface area contributed by atoms with E-state index >= 15 is 0 Å². The topological polar surface area (TPSA) is 112 Å². The van der Waals surface area contributed by atoms with E-state index in [0.717, 1.165) is 0 Å². The Morgan fingerprint density at radius 2 is 1.57 bits per heavy atom. The second-order valence-corrected chi connectivity index (χ2v) is 2.95. The molecule has 3 N–H and O–H groups in total. The molecule has 0 aromatic carbocycles. The molecule has 0 aliphatic rings. The van der Waals surface area contributed by atoms with Crippen LogP contribution < -0.4 is 0 Å². The van der Waals surface area contributed by atoms with Gasteiger partial charge in [-0.2, -0.15) is 0 Å². The number of aliphatic carboxylic acids is 1. The van der Waals surface area contributed by atoms with Crippen molar-refractivity contribution in [3.8, 4) is 0 Å². The number of aliphatic hydroxyl groups is 2. The fourth-order valence-electron chi connectivity index (χ4n) is 0.800. The van der Waals surface area contributed by atoms with Crippen molar-refractivity contribution >= 4 is 17.5 Å². The Bertz CT molecular complexity index is 246. The summed E-state index contributed by atoms with van der Waals surface area (Å²) in [7, 11) is 0. The van der Waals surface area contributed by atoms with E-state index in [9.17, 15) is 14.4 Å². The fourth-order valence-corrected chi connectivity index (χ4v) is 0.800. The summed E-state index contributed by atoms with van der Waals surface area (Å²) in [5.74, 6) is -2.76. The zero-order valence-electron chi connectivity index (χ0n) is 7.64. The minimum absolute atomic E-state index is 0.356. The van der Waals surface area contributed by atoms with Crippen LogP contribution in [0.5, 0.6) is 0 Å². The predicted octanol–water partition coefficient (Wildman–Crippen LogP) is -1.27. The van der Waals surface area contributed by atoms with Crippen molar-refractivity contribution in [2.45, 2.75) is 32.0 Å². The molecule has 0 aromatic heterocycles. The lowest BCUT2D eigenvalue weighted by Gasteiger charge is -2.08. The molecule has 0 aliphatic heterocycles. The van der Waals surface area contributed by atoms with Gasteiger partial charge in [0.05, 0.1) is 0 Å². The van der Waals surface area contributed by atoms with Gasteiger partial charge < -0.3 is 15.3 Å². The first-order valence-corrected chi connectivity index (χ1v) is 3.95.